The van der Waals surface area contributed by atoms with Crippen molar-refractivity contribution >= 4 is 17.4 Å². The minimum absolute atomic E-state index is 0. The average Bonchev–Trinajstić information content (AvgIpc) is 1.54. The quantitative estimate of drug-likeness (QED) is 0.251. The summed E-state index contributed by atoms with van der Waals surface area (Å²) in [7, 11) is 0. The molecule has 0 aromatic rings. The third kappa shape index (κ3) is 192. The zero-order valence-electron chi connectivity index (χ0n) is 6.71. The first kappa shape index (κ1) is 22.5. The molecule has 0 atom stereocenters. The van der Waals surface area contributed by atoms with E-state index in [2.05, 4.69) is 0 Å². The van der Waals surface area contributed by atoms with Gasteiger partial charge >= 0.3 is 18.8 Å². The smallest absolute Gasteiger partial charge is 0.328 e. The third-order valence-corrected chi connectivity index (χ3v) is 0. The Kier molecular flexibility index (Phi) is 28.7. The first-order valence-electron chi connectivity index (χ1n) is 1.70. The van der Waals surface area contributed by atoms with Crippen LogP contribution in [0.2, 0.25) is 0 Å². The molecule has 72 valence electrons. The van der Waals surface area contributed by atoms with Crippen molar-refractivity contribution < 1.29 is 32.3 Å². The van der Waals surface area contributed by atoms with Gasteiger partial charge in [0.05, 0.1) is 0 Å². The van der Waals surface area contributed by atoms with Crippen LogP contribution in [0.25, 0.3) is 0 Å². The second-order valence-electron chi connectivity index (χ2n) is 0.714. The van der Waals surface area contributed by atoms with Gasteiger partial charge in [-0.05, 0) is 0 Å². The number of nitrogens with zero attached hydrogens (tertiary/aromatic N) is 3. The molecule has 0 aliphatic heterocycles. The maximum absolute atomic E-state index is 8.36. The zero-order valence-corrected chi connectivity index (χ0v) is 6.86. The monoisotopic (exact) mass is 217 g/mol. The van der Waals surface area contributed by atoms with Crippen LogP contribution in [0.1, 0.15) is 1.43 Å². The van der Waals surface area contributed by atoms with E-state index in [0.717, 1.165) is 0 Å². The molecule has 0 aliphatic carbocycles. The second-order valence-corrected chi connectivity index (χ2v) is 0.714. The van der Waals surface area contributed by atoms with Gasteiger partial charge in [-0.15, -0.1) is 30.3 Å². The van der Waals surface area contributed by atoms with Crippen LogP contribution >= 0.6 is 0 Å². The third-order valence-electron chi connectivity index (χ3n) is 0. The van der Waals surface area contributed by atoms with E-state index in [4.69, 9.17) is 46.0 Å². The van der Waals surface area contributed by atoms with Crippen LogP contribution in [-0.2, 0) is 0 Å². The summed E-state index contributed by atoms with van der Waals surface area (Å²) >= 11 is 0. The van der Waals surface area contributed by atoms with Gasteiger partial charge in [-0.3, -0.25) is 0 Å². The summed E-state index contributed by atoms with van der Waals surface area (Å²) in [5.74, 6) is 0. The molecule has 0 rings (SSSR count). The van der Waals surface area contributed by atoms with Crippen LogP contribution in [-0.4, -0.2) is 48.2 Å². The van der Waals surface area contributed by atoms with Gasteiger partial charge in [0.1, 0.15) is 0 Å². The summed E-state index contributed by atoms with van der Waals surface area (Å²) in [5, 5.41) is 40.9. The molecule has 0 spiro atoms. The van der Waals surface area contributed by atoms with Crippen molar-refractivity contribution in [3.63, 3.8) is 0 Å². The van der Waals surface area contributed by atoms with Crippen molar-refractivity contribution in [1.82, 2.24) is 0 Å². The second kappa shape index (κ2) is 16.6. The van der Waals surface area contributed by atoms with E-state index in [1.165, 1.54) is 0 Å². The predicted octanol–water partition coefficient (Wildman–Crippen LogP) is -1.31. The minimum Gasteiger partial charge on any atom is -0.328 e. The molecule has 12 nitrogen and oxygen atoms in total. The molecular weight excluding hydrogens is 213 g/mol. The fraction of sp³-hybridized carbons (Fsp3) is 0. The summed E-state index contributed by atoms with van der Waals surface area (Å²) in [6.45, 7) is 0. The Balaban J connectivity index is -0.0000000270. The maximum Gasteiger partial charge on any atom is 3.00 e. The van der Waals surface area contributed by atoms with E-state index in [-0.39, 0.29) is 18.8 Å². The first-order valence-corrected chi connectivity index (χ1v) is 1.70. The van der Waals surface area contributed by atoms with E-state index in [0.29, 0.717) is 0 Å². The van der Waals surface area contributed by atoms with E-state index in [1.807, 2.05) is 0 Å². The SMILES string of the molecule is O=[N+]([O-])O.O=[N+]([O-])O.O=[N+]([O-])O.[Al+3].[H+]. The van der Waals surface area contributed by atoms with Gasteiger partial charge in [-0.1, -0.05) is 0 Å². The van der Waals surface area contributed by atoms with Gasteiger partial charge in [0.2, 0.25) is 0 Å². The number of hydrogen-bond acceptors (Lipinski definition) is 6. The van der Waals surface area contributed by atoms with Crippen LogP contribution in [0, 0.1) is 30.3 Å². The van der Waals surface area contributed by atoms with Crippen molar-refractivity contribution in [1.29, 1.82) is 0 Å². The predicted molar refractivity (Wildman–Crippen MR) is 33.2 cm³/mol. The molecule has 0 bridgehead atoms. The van der Waals surface area contributed by atoms with Gasteiger partial charge in [0.15, 0.2) is 0 Å². The van der Waals surface area contributed by atoms with E-state index in [1.54, 1.807) is 0 Å². The fourth-order valence-corrected chi connectivity index (χ4v) is 0. The summed E-state index contributed by atoms with van der Waals surface area (Å²) in [4.78, 5) is 25.1. The Bertz CT molecular complexity index is 118. The Morgan fingerprint density at radius 3 is 0.769 bits per heavy atom. The molecule has 0 aromatic heterocycles. The fourth-order valence-electron chi connectivity index (χ4n) is 0. The molecule has 0 unspecified atom stereocenters. The molecule has 0 heterocycles. The Morgan fingerprint density at radius 2 is 0.769 bits per heavy atom. The minimum atomic E-state index is -1.50. The van der Waals surface area contributed by atoms with E-state index in [9.17, 15) is 0 Å². The molecule has 0 saturated heterocycles. The summed E-state index contributed by atoms with van der Waals surface area (Å²) in [6.07, 6.45) is 0. The normalized spacial score (nSPS) is 5.54. The molecule has 0 fully saturated rings. The molecule has 0 aromatic carbocycles. The Morgan fingerprint density at radius 1 is 0.769 bits per heavy atom. The van der Waals surface area contributed by atoms with Crippen molar-refractivity contribution in [2.75, 3.05) is 0 Å². The summed E-state index contributed by atoms with van der Waals surface area (Å²) < 4.78 is 0. The topological polar surface area (TPSA) is 190 Å². The standard InChI is InChI=1S/Al.3HNO3/c;3*2-1(3)4/h;3*(H,2,3,4)/q+3;;;/p+1. The van der Waals surface area contributed by atoms with Gasteiger partial charge in [-0.2, -0.15) is 0 Å². The van der Waals surface area contributed by atoms with E-state index >= 15 is 0 Å². The molecule has 3 N–H and O–H groups in total. The van der Waals surface area contributed by atoms with Crippen molar-refractivity contribution in [2.45, 2.75) is 0 Å². The largest absolute Gasteiger partial charge is 3.00 e. The van der Waals surface area contributed by atoms with Gasteiger partial charge in [-0.25, -0.2) is 0 Å². The molecule has 0 saturated carbocycles. The maximum atomic E-state index is 8.36. The van der Waals surface area contributed by atoms with Crippen LogP contribution in [0.15, 0.2) is 0 Å². The van der Waals surface area contributed by atoms with Gasteiger partial charge < -0.3 is 15.6 Å². The van der Waals surface area contributed by atoms with Crippen molar-refractivity contribution in [3.8, 4) is 0 Å². The van der Waals surface area contributed by atoms with Crippen LogP contribution < -0.4 is 0 Å². The molecule has 0 radical (unpaired) electrons. The van der Waals surface area contributed by atoms with Crippen LogP contribution in [0.3, 0.4) is 0 Å². The van der Waals surface area contributed by atoms with Gasteiger partial charge in [0.25, 0.3) is 15.3 Å². The Hall–Kier alpha value is -1.87. The van der Waals surface area contributed by atoms with Gasteiger partial charge in [0, 0.05) is 0 Å². The average molecular weight is 217 g/mol. The molecule has 0 aliphatic rings. The molecule has 13 heavy (non-hydrogen) atoms. The van der Waals surface area contributed by atoms with E-state index < -0.39 is 15.3 Å². The first-order chi connectivity index (χ1) is 5.20. The van der Waals surface area contributed by atoms with Crippen molar-refractivity contribution in [3.05, 3.63) is 30.3 Å². The zero-order chi connectivity index (χ0) is 10.7. The summed E-state index contributed by atoms with van der Waals surface area (Å²) in [6, 6.07) is 0. The molecule has 13 heteroatoms. The van der Waals surface area contributed by atoms with Crippen LogP contribution in [0.5, 0.6) is 0 Å². The van der Waals surface area contributed by atoms with Crippen molar-refractivity contribution in [2.24, 2.45) is 0 Å². The molecule has 0 amide bonds. The Labute approximate surface area is 80.9 Å². The summed E-state index contributed by atoms with van der Waals surface area (Å²) in [5.41, 5.74) is 0. The molecular formula is H4AlN3O9+4. The number of rotatable bonds is 0. The number of hydrogen-bond donors (Lipinski definition) is 3. The van der Waals surface area contributed by atoms with Crippen LogP contribution in [0.4, 0.5) is 0 Å².